The Kier molecular flexibility index (Phi) is 13.3. The zero-order valence-electron chi connectivity index (χ0n) is 17.2. The number of pyridine rings is 1. The lowest BCUT2D eigenvalue weighted by atomic mass is 10.0. The first kappa shape index (κ1) is 23.3. The Morgan fingerprint density at radius 2 is 1.30 bits per heavy atom. The van der Waals surface area contributed by atoms with Gasteiger partial charge in [0.15, 0.2) is 0 Å². The Hall–Kier alpha value is -1.71. The average molecular weight is 378 g/mol. The molecule has 0 saturated carbocycles. The molecule has 0 spiro atoms. The Balaban J connectivity index is 1.92. The van der Waals surface area contributed by atoms with Crippen LogP contribution in [0.4, 0.5) is 0 Å². The van der Waals surface area contributed by atoms with Crippen molar-refractivity contribution < 1.29 is 10.2 Å². The van der Waals surface area contributed by atoms with Gasteiger partial charge in [0.2, 0.25) is 17.1 Å². The fraction of sp³-hybridized carbons (Fsp3) is 0.696. The molecule has 0 unspecified atom stereocenters. The monoisotopic (exact) mass is 377 g/mol. The van der Waals surface area contributed by atoms with Crippen LogP contribution in [0.3, 0.4) is 0 Å². The molecule has 0 saturated heterocycles. The van der Waals surface area contributed by atoms with Crippen LogP contribution >= 0.6 is 0 Å². The summed E-state index contributed by atoms with van der Waals surface area (Å²) in [5.41, 5.74) is -0.566. The van der Waals surface area contributed by atoms with E-state index in [2.05, 4.69) is 6.92 Å². The molecule has 1 heterocycles. The minimum Gasteiger partial charge on any atom is -0.500 e. The van der Waals surface area contributed by atoms with Crippen LogP contribution in [0.25, 0.3) is 6.20 Å². The van der Waals surface area contributed by atoms with Gasteiger partial charge >= 0.3 is 0 Å². The second-order valence-corrected chi connectivity index (χ2v) is 7.53. The van der Waals surface area contributed by atoms with E-state index in [4.69, 9.17) is 0 Å². The number of nitrogens with zero attached hydrogens (tertiary/aromatic N) is 1. The maximum atomic E-state index is 11.2. The van der Waals surface area contributed by atoms with Gasteiger partial charge in [-0.05, 0) is 12.8 Å². The summed E-state index contributed by atoms with van der Waals surface area (Å²) in [5, 5.41) is 19.1. The maximum Gasteiger partial charge on any atom is 0.242 e. The molecule has 0 aliphatic rings. The van der Waals surface area contributed by atoms with E-state index in [1.54, 1.807) is 6.20 Å². The number of unbranched alkanes of at least 4 members (excludes halogenated alkanes) is 14. The van der Waals surface area contributed by atoms with E-state index in [0.29, 0.717) is 0 Å². The molecule has 4 nitrogen and oxygen atoms in total. The number of hydrogen-bond acceptors (Lipinski definition) is 3. The predicted octanol–water partition coefficient (Wildman–Crippen LogP) is 6.60. The molecule has 0 aromatic carbocycles. The molecule has 0 aliphatic heterocycles. The molecule has 1 aromatic rings. The summed E-state index contributed by atoms with van der Waals surface area (Å²) in [6.45, 7) is 2.27. The third-order valence-electron chi connectivity index (χ3n) is 5.07. The Labute approximate surface area is 164 Å². The lowest BCUT2D eigenvalue weighted by Crippen LogP contribution is -2.02. The Morgan fingerprint density at radius 3 is 1.81 bits per heavy atom. The van der Waals surface area contributed by atoms with Crippen LogP contribution in [0, 0.1) is 0 Å². The van der Waals surface area contributed by atoms with Gasteiger partial charge < -0.3 is 10.2 Å². The van der Waals surface area contributed by atoms with Gasteiger partial charge in [0.1, 0.15) is 0 Å². The molecule has 0 bridgehead atoms. The molecule has 2 N–H and O–H groups in total. The summed E-state index contributed by atoms with van der Waals surface area (Å²) in [7, 11) is 0. The summed E-state index contributed by atoms with van der Waals surface area (Å²) in [5.74, 6) is -1.00. The fourth-order valence-corrected chi connectivity index (χ4v) is 3.30. The van der Waals surface area contributed by atoms with E-state index in [-0.39, 0.29) is 0 Å². The average Bonchev–Trinajstić information content (AvgIpc) is 2.67. The SMILES string of the molecule is CCCCCCCCCCCCCCCCC=Cn1ccc(=O)c(O)c1O. The van der Waals surface area contributed by atoms with Crippen LogP contribution in [0.5, 0.6) is 11.6 Å². The Morgan fingerprint density at radius 1 is 0.815 bits per heavy atom. The van der Waals surface area contributed by atoms with Crippen molar-refractivity contribution in [1.82, 2.24) is 4.57 Å². The molecule has 1 aromatic heterocycles. The highest BCUT2D eigenvalue weighted by Crippen LogP contribution is 2.19. The molecule has 154 valence electrons. The molecule has 0 amide bonds. The van der Waals surface area contributed by atoms with Crippen LogP contribution < -0.4 is 5.43 Å². The van der Waals surface area contributed by atoms with E-state index in [9.17, 15) is 15.0 Å². The largest absolute Gasteiger partial charge is 0.500 e. The summed E-state index contributed by atoms with van der Waals surface area (Å²) < 4.78 is 1.36. The van der Waals surface area contributed by atoms with Gasteiger partial charge in [-0.25, -0.2) is 0 Å². The van der Waals surface area contributed by atoms with Crippen molar-refractivity contribution in [2.45, 2.75) is 103 Å². The molecule has 4 heteroatoms. The summed E-state index contributed by atoms with van der Waals surface area (Å²) >= 11 is 0. The van der Waals surface area contributed by atoms with E-state index >= 15 is 0 Å². The minimum atomic E-state index is -0.598. The molecule has 0 radical (unpaired) electrons. The highest BCUT2D eigenvalue weighted by Gasteiger charge is 2.05. The van der Waals surface area contributed by atoms with E-state index in [1.807, 2.05) is 6.08 Å². The molecule has 0 atom stereocenters. The molecule has 0 aliphatic carbocycles. The molecular weight excluding hydrogens is 338 g/mol. The van der Waals surface area contributed by atoms with Gasteiger partial charge in [-0.15, -0.1) is 0 Å². The van der Waals surface area contributed by atoms with Crippen LogP contribution in [0.1, 0.15) is 103 Å². The van der Waals surface area contributed by atoms with Crippen LogP contribution in [0.2, 0.25) is 0 Å². The van der Waals surface area contributed by atoms with Crippen LogP contribution in [-0.4, -0.2) is 14.8 Å². The van der Waals surface area contributed by atoms with Crippen molar-refractivity contribution >= 4 is 6.20 Å². The fourth-order valence-electron chi connectivity index (χ4n) is 3.30. The second kappa shape index (κ2) is 15.4. The number of hydrogen-bond donors (Lipinski definition) is 2. The lowest BCUT2D eigenvalue weighted by Gasteiger charge is -2.04. The van der Waals surface area contributed by atoms with E-state index in [0.717, 1.165) is 12.8 Å². The Bertz CT molecular complexity index is 577. The quantitative estimate of drug-likeness (QED) is 0.319. The number of rotatable bonds is 16. The minimum absolute atomic E-state index is 0.403. The zero-order chi connectivity index (χ0) is 19.7. The van der Waals surface area contributed by atoms with Crippen molar-refractivity contribution in [2.75, 3.05) is 0 Å². The summed E-state index contributed by atoms with van der Waals surface area (Å²) in [4.78, 5) is 11.2. The van der Waals surface area contributed by atoms with Crippen molar-refractivity contribution in [2.24, 2.45) is 0 Å². The van der Waals surface area contributed by atoms with Crippen molar-refractivity contribution in [1.29, 1.82) is 0 Å². The molecular formula is C23H39NO3. The van der Waals surface area contributed by atoms with Gasteiger partial charge in [-0.2, -0.15) is 0 Å². The first-order valence-corrected chi connectivity index (χ1v) is 11.0. The summed E-state index contributed by atoms with van der Waals surface area (Å²) in [6.07, 6.45) is 25.0. The third-order valence-corrected chi connectivity index (χ3v) is 5.07. The molecule has 27 heavy (non-hydrogen) atoms. The smallest absolute Gasteiger partial charge is 0.242 e. The van der Waals surface area contributed by atoms with Crippen molar-refractivity contribution in [3.8, 4) is 11.6 Å². The zero-order valence-corrected chi connectivity index (χ0v) is 17.2. The first-order chi connectivity index (χ1) is 13.2. The van der Waals surface area contributed by atoms with Crippen molar-refractivity contribution in [3.63, 3.8) is 0 Å². The number of aromatic nitrogens is 1. The van der Waals surface area contributed by atoms with Crippen LogP contribution in [0.15, 0.2) is 23.1 Å². The van der Waals surface area contributed by atoms with Gasteiger partial charge in [0, 0.05) is 18.5 Å². The van der Waals surface area contributed by atoms with Crippen LogP contribution in [-0.2, 0) is 0 Å². The number of aromatic hydroxyl groups is 2. The van der Waals surface area contributed by atoms with Crippen molar-refractivity contribution in [3.05, 3.63) is 28.6 Å². The van der Waals surface area contributed by atoms with E-state index < -0.39 is 17.1 Å². The highest BCUT2D eigenvalue weighted by molar-refractivity contribution is 5.39. The van der Waals surface area contributed by atoms with Gasteiger partial charge in [-0.1, -0.05) is 96.5 Å². The summed E-state index contributed by atoms with van der Waals surface area (Å²) in [6, 6.07) is 1.24. The maximum absolute atomic E-state index is 11.2. The van der Waals surface area contributed by atoms with E-state index in [1.165, 1.54) is 100 Å². The van der Waals surface area contributed by atoms with Gasteiger partial charge in [-0.3, -0.25) is 9.36 Å². The van der Waals surface area contributed by atoms with Gasteiger partial charge in [0.25, 0.3) is 0 Å². The van der Waals surface area contributed by atoms with Gasteiger partial charge in [0.05, 0.1) is 0 Å². The normalized spacial score (nSPS) is 11.4. The highest BCUT2D eigenvalue weighted by atomic mass is 16.3. The second-order valence-electron chi connectivity index (χ2n) is 7.53. The standard InChI is InChI=1S/C23H39NO3/c1-2-3-4-5-6-7-8-9-10-11-12-13-14-15-16-17-19-24-20-18-21(25)22(26)23(24)27/h17-20,26-27H,2-16H2,1H3. The molecule has 1 rings (SSSR count). The molecule has 0 fully saturated rings. The third kappa shape index (κ3) is 10.9. The number of allylic oxidation sites excluding steroid dienone is 1. The predicted molar refractivity (Wildman–Crippen MR) is 114 cm³/mol. The lowest BCUT2D eigenvalue weighted by molar-refractivity contribution is 0.377. The first-order valence-electron chi connectivity index (χ1n) is 11.0. The topological polar surface area (TPSA) is 62.5 Å².